The topological polar surface area (TPSA) is 37.4 Å². The first-order chi connectivity index (χ1) is 13.0. The van der Waals surface area contributed by atoms with Gasteiger partial charge in [0.2, 0.25) is 0 Å². The number of ketones is 1. The van der Waals surface area contributed by atoms with Crippen LogP contribution >= 0.6 is 0 Å². The molecule has 136 valence electrons. The molecular weight excluding hydrogens is 348 g/mol. The standard InChI is InChI=1S/C22H17F2NO2/c1-25(14-16-11-12-17(23)13-20(16)24)22(27)19-10-6-5-9-18(19)21(26)15-7-3-2-4-8-15/h2-13H,14H2,1H3. The van der Waals surface area contributed by atoms with Gasteiger partial charge in [0, 0.05) is 36.3 Å². The molecule has 0 bridgehead atoms. The fourth-order valence-corrected chi connectivity index (χ4v) is 2.80. The summed E-state index contributed by atoms with van der Waals surface area (Å²) >= 11 is 0. The minimum Gasteiger partial charge on any atom is -0.337 e. The molecule has 0 aliphatic carbocycles. The Morgan fingerprint density at radius 1 is 0.852 bits per heavy atom. The molecule has 0 aliphatic rings. The zero-order valence-corrected chi connectivity index (χ0v) is 14.7. The van der Waals surface area contributed by atoms with Crippen molar-refractivity contribution in [2.75, 3.05) is 7.05 Å². The molecule has 3 aromatic rings. The lowest BCUT2D eigenvalue weighted by atomic mass is 9.97. The van der Waals surface area contributed by atoms with Gasteiger partial charge in [0.1, 0.15) is 11.6 Å². The van der Waals surface area contributed by atoms with E-state index in [2.05, 4.69) is 0 Å². The van der Waals surface area contributed by atoms with Crippen LogP contribution in [0.3, 0.4) is 0 Å². The second-order valence-electron chi connectivity index (χ2n) is 6.14. The van der Waals surface area contributed by atoms with E-state index >= 15 is 0 Å². The maximum atomic E-state index is 13.9. The molecule has 5 heteroatoms. The van der Waals surface area contributed by atoms with Crippen LogP contribution in [-0.2, 0) is 6.54 Å². The molecule has 3 nitrogen and oxygen atoms in total. The average molecular weight is 365 g/mol. The SMILES string of the molecule is CN(Cc1ccc(F)cc1F)C(=O)c1ccccc1C(=O)c1ccccc1. The van der Waals surface area contributed by atoms with Gasteiger partial charge in [-0.2, -0.15) is 0 Å². The molecule has 0 spiro atoms. The highest BCUT2D eigenvalue weighted by atomic mass is 19.1. The third-order valence-corrected chi connectivity index (χ3v) is 4.21. The maximum Gasteiger partial charge on any atom is 0.254 e. The molecule has 0 saturated heterocycles. The van der Waals surface area contributed by atoms with Crippen molar-refractivity contribution >= 4 is 11.7 Å². The van der Waals surface area contributed by atoms with Crippen LogP contribution in [0.5, 0.6) is 0 Å². The van der Waals surface area contributed by atoms with Crippen LogP contribution in [0.2, 0.25) is 0 Å². The average Bonchev–Trinajstić information content (AvgIpc) is 2.69. The van der Waals surface area contributed by atoms with Crippen molar-refractivity contribution in [1.29, 1.82) is 0 Å². The summed E-state index contributed by atoms with van der Waals surface area (Å²) in [6, 6.07) is 18.4. The molecule has 3 aromatic carbocycles. The van der Waals surface area contributed by atoms with Crippen LogP contribution < -0.4 is 0 Å². The van der Waals surface area contributed by atoms with E-state index in [-0.39, 0.29) is 29.0 Å². The van der Waals surface area contributed by atoms with E-state index in [9.17, 15) is 18.4 Å². The number of carbonyl (C=O) groups excluding carboxylic acids is 2. The van der Waals surface area contributed by atoms with Gasteiger partial charge < -0.3 is 4.90 Å². The Labute approximate surface area is 155 Å². The van der Waals surface area contributed by atoms with E-state index in [1.807, 2.05) is 0 Å². The second kappa shape index (κ2) is 7.91. The van der Waals surface area contributed by atoms with E-state index < -0.39 is 17.5 Å². The fourth-order valence-electron chi connectivity index (χ4n) is 2.80. The first kappa shape index (κ1) is 18.5. The number of carbonyl (C=O) groups is 2. The Hall–Kier alpha value is -3.34. The summed E-state index contributed by atoms with van der Waals surface area (Å²) in [4.78, 5) is 26.9. The van der Waals surface area contributed by atoms with E-state index in [1.54, 1.807) is 54.6 Å². The van der Waals surface area contributed by atoms with Crippen molar-refractivity contribution < 1.29 is 18.4 Å². The highest BCUT2D eigenvalue weighted by molar-refractivity contribution is 6.15. The largest absolute Gasteiger partial charge is 0.337 e. The molecule has 0 radical (unpaired) electrons. The Bertz CT molecular complexity index is 987. The Kier molecular flexibility index (Phi) is 5.41. The highest BCUT2D eigenvalue weighted by Gasteiger charge is 2.21. The van der Waals surface area contributed by atoms with Crippen LogP contribution in [0, 0.1) is 11.6 Å². The van der Waals surface area contributed by atoms with Gasteiger partial charge in [-0.3, -0.25) is 9.59 Å². The predicted molar refractivity (Wildman–Crippen MR) is 98.5 cm³/mol. The first-order valence-electron chi connectivity index (χ1n) is 8.35. The van der Waals surface area contributed by atoms with Crippen LogP contribution in [0.1, 0.15) is 31.8 Å². The van der Waals surface area contributed by atoms with Crippen LogP contribution in [0.4, 0.5) is 8.78 Å². The van der Waals surface area contributed by atoms with Gasteiger partial charge >= 0.3 is 0 Å². The lowest BCUT2D eigenvalue weighted by molar-refractivity contribution is 0.0779. The Morgan fingerprint density at radius 2 is 1.48 bits per heavy atom. The number of benzene rings is 3. The number of nitrogens with zero attached hydrogens (tertiary/aromatic N) is 1. The summed E-state index contributed by atoms with van der Waals surface area (Å²) < 4.78 is 26.9. The lowest BCUT2D eigenvalue weighted by Crippen LogP contribution is -2.28. The number of hydrogen-bond acceptors (Lipinski definition) is 2. The molecule has 0 N–H and O–H groups in total. The number of halogens is 2. The zero-order valence-electron chi connectivity index (χ0n) is 14.7. The first-order valence-corrected chi connectivity index (χ1v) is 8.35. The van der Waals surface area contributed by atoms with Crippen LogP contribution in [-0.4, -0.2) is 23.6 Å². The summed E-state index contributed by atoms with van der Waals surface area (Å²) in [6.45, 7) is -0.0428. The van der Waals surface area contributed by atoms with Gasteiger partial charge in [-0.15, -0.1) is 0 Å². The summed E-state index contributed by atoms with van der Waals surface area (Å²) in [7, 11) is 1.51. The molecule has 0 unspecified atom stereocenters. The Morgan fingerprint density at radius 3 is 2.15 bits per heavy atom. The van der Waals surface area contributed by atoms with Crippen molar-refractivity contribution in [3.05, 3.63) is 107 Å². The van der Waals surface area contributed by atoms with Crippen molar-refractivity contribution in [3.8, 4) is 0 Å². The van der Waals surface area contributed by atoms with Crippen molar-refractivity contribution in [2.24, 2.45) is 0 Å². The maximum absolute atomic E-state index is 13.9. The van der Waals surface area contributed by atoms with Crippen molar-refractivity contribution in [1.82, 2.24) is 4.90 Å². The third kappa shape index (κ3) is 4.08. The molecule has 0 saturated carbocycles. The molecule has 0 fully saturated rings. The monoisotopic (exact) mass is 365 g/mol. The quantitative estimate of drug-likeness (QED) is 0.626. The molecule has 0 heterocycles. The number of rotatable bonds is 5. The van der Waals surface area contributed by atoms with E-state index in [0.29, 0.717) is 5.56 Å². The van der Waals surface area contributed by atoms with Gasteiger partial charge in [0.05, 0.1) is 5.56 Å². The number of amides is 1. The molecular formula is C22H17F2NO2. The molecule has 27 heavy (non-hydrogen) atoms. The lowest BCUT2D eigenvalue weighted by Gasteiger charge is -2.19. The molecule has 0 aliphatic heterocycles. The normalized spacial score (nSPS) is 10.5. The molecule has 1 amide bonds. The predicted octanol–water partition coefficient (Wildman–Crippen LogP) is 4.47. The van der Waals surface area contributed by atoms with Crippen molar-refractivity contribution in [3.63, 3.8) is 0 Å². The van der Waals surface area contributed by atoms with Gasteiger partial charge in [0.15, 0.2) is 5.78 Å². The molecule has 0 aromatic heterocycles. The summed E-state index contributed by atoms with van der Waals surface area (Å²) in [5, 5.41) is 0. The second-order valence-corrected chi connectivity index (χ2v) is 6.14. The van der Waals surface area contributed by atoms with Crippen LogP contribution in [0.15, 0.2) is 72.8 Å². The fraction of sp³-hybridized carbons (Fsp3) is 0.0909. The van der Waals surface area contributed by atoms with Gasteiger partial charge in [-0.1, -0.05) is 54.6 Å². The minimum absolute atomic E-state index is 0.0428. The van der Waals surface area contributed by atoms with E-state index in [0.717, 1.165) is 12.1 Å². The zero-order chi connectivity index (χ0) is 19.4. The number of hydrogen-bond donors (Lipinski definition) is 0. The minimum atomic E-state index is -0.719. The van der Waals surface area contributed by atoms with Gasteiger partial charge in [0.25, 0.3) is 5.91 Å². The smallest absolute Gasteiger partial charge is 0.254 e. The molecule has 3 rings (SSSR count). The van der Waals surface area contributed by atoms with Crippen LogP contribution in [0.25, 0.3) is 0 Å². The van der Waals surface area contributed by atoms with Gasteiger partial charge in [-0.05, 0) is 12.1 Å². The summed E-state index contributed by atoms with van der Waals surface area (Å²) in [5.74, 6) is -2.08. The third-order valence-electron chi connectivity index (χ3n) is 4.21. The Balaban J connectivity index is 1.87. The summed E-state index contributed by atoms with van der Waals surface area (Å²) in [5.41, 5.74) is 1.18. The van der Waals surface area contributed by atoms with Crippen molar-refractivity contribution in [2.45, 2.75) is 6.54 Å². The molecule has 0 atom stereocenters. The van der Waals surface area contributed by atoms with Gasteiger partial charge in [-0.25, -0.2) is 8.78 Å². The van der Waals surface area contributed by atoms with E-state index in [4.69, 9.17) is 0 Å². The van der Waals surface area contributed by atoms with E-state index in [1.165, 1.54) is 18.0 Å². The highest BCUT2D eigenvalue weighted by Crippen LogP contribution is 2.18. The summed E-state index contributed by atoms with van der Waals surface area (Å²) in [6.07, 6.45) is 0.